The Balaban J connectivity index is 4.57. The number of ether oxygens (including phenoxy) is 1. The minimum atomic E-state index is -0.789. The Morgan fingerprint density at radius 2 is 0.931 bits per heavy atom. The number of nitrogens with one attached hydrogen (secondary N) is 1. The van der Waals surface area contributed by atoms with Crippen molar-refractivity contribution in [2.75, 3.05) is 6.61 Å². The summed E-state index contributed by atoms with van der Waals surface area (Å²) in [5.41, 5.74) is 0. The molecule has 0 fully saturated rings. The highest BCUT2D eigenvalue weighted by Crippen LogP contribution is 2.18. The van der Waals surface area contributed by atoms with Gasteiger partial charge in [-0.1, -0.05) is 236 Å². The molecule has 1 amide bonds. The van der Waals surface area contributed by atoms with E-state index >= 15 is 0 Å². The monoisotopic (exact) mass is 814 g/mol. The van der Waals surface area contributed by atoms with Gasteiger partial charge in [-0.3, -0.25) is 9.59 Å². The summed E-state index contributed by atoms with van der Waals surface area (Å²) < 4.78 is 5.91. The predicted octanol–water partition coefficient (Wildman–Crippen LogP) is 14.7. The average Bonchev–Trinajstić information content (AvgIpc) is 3.22. The molecule has 0 bridgehead atoms. The molecule has 3 unspecified atom stereocenters. The number of allylic oxidation sites excluding steroid dienone is 8. The molecule has 0 rings (SSSR count). The lowest BCUT2D eigenvalue weighted by atomic mass is 10.0. The van der Waals surface area contributed by atoms with Gasteiger partial charge in [0.25, 0.3) is 0 Å². The number of carbonyl (C=O) groups excluding carboxylic acids is 2. The first-order valence-electron chi connectivity index (χ1n) is 24.9. The molecule has 0 aliphatic rings. The highest BCUT2D eigenvalue weighted by molar-refractivity contribution is 5.77. The molecular formula is C52H95NO5. The Labute approximate surface area is 359 Å². The maximum absolute atomic E-state index is 13.2. The van der Waals surface area contributed by atoms with Crippen LogP contribution in [0.1, 0.15) is 245 Å². The molecule has 338 valence electrons. The Hall–Kier alpha value is -2.18. The van der Waals surface area contributed by atoms with E-state index in [4.69, 9.17) is 4.74 Å². The van der Waals surface area contributed by atoms with Crippen LogP contribution in [0.15, 0.2) is 48.6 Å². The van der Waals surface area contributed by atoms with Gasteiger partial charge in [-0.2, -0.15) is 0 Å². The molecule has 0 aromatic heterocycles. The number of hydrogen-bond acceptors (Lipinski definition) is 5. The van der Waals surface area contributed by atoms with Gasteiger partial charge in [0.1, 0.15) is 6.10 Å². The van der Waals surface area contributed by atoms with E-state index in [9.17, 15) is 19.8 Å². The van der Waals surface area contributed by atoms with Crippen LogP contribution in [0.4, 0.5) is 0 Å². The summed E-state index contributed by atoms with van der Waals surface area (Å²) in [6.45, 7) is 6.34. The topological polar surface area (TPSA) is 95.9 Å². The maximum atomic E-state index is 13.2. The van der Waals surface area contributed by atoms with Crippen LogP contribution in [0.3, 0.4) is 0 Å². The summed E-state index contributed by atoms with van der Waals surface area (Å²) in [5.74, 6) is -0.495. The summed E-state index contributed by atoms with van der Waals surface area (Å²) >= 11 is 0. The van der Waals surface area contributed by atoms with Crippen molar-refractivity contribution in [2.24, 2.45) is 0 Å². The second kappa shape index (κ2) is 45.9. The van der Waals surface area contributed by atoms with E-state index in [1.54, 1.807) is 0 Å². The molecule has 0 aliphatic carbocycles. The van der Waals surface area contributed by atoms with Gasteiger partial charge in [-0.25, -0.2) is 0 Å². The first-order chi connectivity index (χ1) is 28.5. The van der Waals surface area contributed by atoms with Crippen molar-refractivity contribution in [3.8, 4) is 0 Å². The van der Waals surface area contributed by atoms with E-state index in [-0.39, 0.29) is 24.9 Å². The van der Waals surface area contributed by atoms with E-state index in [1.165, 1.54) is 122 Å². The van der Waals surface area contributed by atoms with Crippen LogP contribution in [0.25, 0.3) is 0 Å². The van der Waals surface area contributed by atoms with Crippen LogP contribution in [0, 0.1) is 0 Å². The molecule has 0 aromatic rings. The highest BCUT2D eigenvalue weighted by atomic mass is 16.5. The quantitative estimate of drug-likeness (QED) is 0.0323. The maximum Gasteiger partial charge on any atom is 0.306 e. The standard InChI is InChI=1S/C52H95NO5/c1-4-7-10-13-16-19-22-24-25-27-30-33-36-39-42-45-52(57)58-48(43-40-37-34-31-28-21-18-15-12-9-6-3)46-51(56)53-49(47-54)50(55)44-41-38-35-32-29-26-23-20-17-14-11-8-5-2/h7,10,13,16,19,22,24-25,48-50,54-55H,4-6,8-9,11-12,14-15,17-18,20-21,23,26-47H2,1-3H3,(H,53,56)/b10-7+,16-13+,22-19+,25-24-. The van der Waals surface area contributed by atoms with Crippen molar-refractivity contribution in [1.82, 2.24) is 5.32 Å². The molecule has 0 radical (unpaired) electrons. The SMILES string of the molecule is CC/C=C/C=C/C=C/C=C\CCCCCCCC(=O)OC(CCCCCCCCCCCCC)CC(=O)NC(CO)C(O)CCCCCCCCCCCCCCC. The van der Waals surface area contributed by atoms with Gasteiger partial charge in [-0.15, -0.1) is 0 Å². The highest BCUT2D eigenvalue weighted by Gasteiger charge is 2.24. The first-order valence-corrected chi connectivity index (χ1v) is 24.9. The van der Waals surface area contributed by atoms with Crippen LogP contribution in [0.2, 0.25) is 0 Å². The van der Waals surface area contributed by atoms with Crippen LogP contribution in [-0.2, 0) is 14.3 Å². The smallest absolute Gasteiger partial charge is 0.306 e. The second-order valence-electron chi connectivity index (χ2n) is 16.9. The number of unbranched alkanes of at least 4 members (excludes halogenated alkanes) is 27. The molecule has 6 nitrogen and oxygen atoms in total. The predicted molar refractivity (Wildman–Crippen MR) is 250 cm³/mol. The zero-order valence-electron chi connectivity index (χ0n) is 38.4. The van der Waals surface area contributed by atoms with E-state index in [0.29, 0.717) is 19.3 Å². The molecule has 0 spiro atoms. The number of rotatable bonds is 44. The lowest BCUT2D eigenvalue weighted by Crippen LogP contribution is -2.46. The van der Waals surface area contributed by atoms with Crippen LogP contribution in [0.5, 0.6) is 0 Å². The Bertz CT molecular complexity index is 1000. The second-order valence-corrected chi connectivity index (χ2v) is 16.9. The Kier molecular flexibility index (Phi) is 44.2. The van der Waals surface area contributed by atoms with Crippen LogP contribution >= 0.6 is 0 Å². The fraction of sp³-hybridized carbons (Fsp3) is 0.808. The molecule has 0 heterocycles. The summed E-state index contributed by atoms with van der Waals surface area (Å²) in [5, 5.41) is 23.7. The molecule has 0 aromatic carbocycles. The number of amides is 1. The summed E-state index contributed by atoms with van der Waals surface area (Å²) in [6, 6.07) is -0.703. The number of aliphatic hydroxyl groups excluding tert-OH is 2. The molecule has 3 atom stereocenters. The summed E-state index contributed by atoms with van der Waals surface area (Å²) in [7, 11) is 0. The molecular weight excluding hydrogens is 719 g/mol. The third-order valence-corrected chi connectivity index (χ3v) is 11.3. The molecule has 6 heteroatoms. The van der Waals surface area contributed by atoms with Gasteiger partial charge in [0.15, 0.2) is 0 Å². The first kappa shape index (κ1) is 55.8. The largest absolute Gasteiger partial charge is 0.462 e. The van der Waals surface area contributed by atoms with Crippen molar-refractivity contribution < 1.29 is 24.5 Å². The molecule has 58 heavy (non-hydrogen) atoms. The number of carbonyl (C=O) groups is 2. The number of hydrogen-bond donors (Lipinski definition) is 3. The lowest BCUT2D eigenvalue weighted by molar-refractivity contribution is -0.151. The fourth-order valence-electron chi connectivity index (χ4n) is 7.50. The van der Waals surface area contributed by atoms with Crippen LogP contribution in [-0.4, -0.2) is 46.9 Å². The third kappa shape index (κ3) is 40.6. The van der Waals surface area contributed by atoms with Gasteiger partial charge >= 0.3 is 5.97 Å². The summed E-state index contributed by atoms with van der Waals surface area (Å²) in [4.78, 5) is 26.1. The minimum absolute atomic E-state index is 0.0698. The van der Waals surface area contributed by atoms with E-state index in [2.05, 4.69) is 56.5 Å². The van der Waals surface area contributed by atoms with Gasteiger partial charge in [0, 0.05) is 6.42 Å². The van der Waals surface area contributed by atoms with Crippen LogP contribution < -0.4 is 5.32 Å². The summed E-state index contributed by atoms with van der Waals surface area (Å²) in [6.07, 6.45) is 54.5. The zero-order valence-corrected chi connectivity index (χ0v) is 38.4. The van der Waals surface area contributed by atoms with E-state index in [0.717, 1.165) is 77.0 Å². The van der Waals surface area contributed by atoms with Crippen molar-refractivity contribution in [1.29, 1.82) is 0 Å². The van der Waals surface area contributed by atoms with Crippen molar-refractivity contribution in [3.05, 3.63) is 48.6 Å². The third-order valence-electron chi connectivity index (χ3n) is 11.3. The molecule has 0 aliphatic heterocycles. The molecule has 3 N–H and O–H groups in total. The van der Waals surface area contributed by atoms with Gasteiger partial charge in [0.2, 0.25) is 5.91 Å². The van der Waals surface area contributed by atoms with Gasteiger partial charge in [0.05, 0.1) is 25.2 Å². The van der Waals surface area contributed by atoms with Crippen molar-refractivity contribution >= 4 is 11.9 Å². The normalized spacial score (nSPS) is 13.7. The Morgan fingerprint density at radius 1 is 0.517 bits per heavy atom. The van der Waals surface area contributed by atoms with Gasteiger partial charge < -0.3 is 20.3 Å². The van der Waals surface area contributed by atoms with Gasteiger partial charge in [-0.05, 0) is 44.9 Å². The van der Waals surface area contributed by atoms with E-state index < -0.39 is 18.2 Å². The fourth-order valence-corrected chi connectivity index (χ4v) is 7.50. The number of aliphatic hydroxyl groups is 2. The number of esters is 1. The van der Waals surface area contributed by atoms with E-state index in [1.807, 2.05) is 18.2 Å². The Morgan fingerprint density at radius 3 is 1.41 bits per heavy atom. The van der Waals surface area contributed by atoms with Crippen molar-refractivity contribution in [2.45, 2.75) is 264 Å². The zero-order chi connectivity index (χ0) is 42.4. The molecule has 0 saturated heterocycles. The minimum Gasteiger partial charge on any atom is -0.462 e. The average molecular weight is 814 g/mol. The molecule has 0 saturated carbocycles. The van der Waals surface area contributed by atoms with Crippen molar-refractivity contribution in [3.63, 3.8) is 0 Å². The lowest BCUT2D eigenvalue weighted by Gasteiger charge is -2.24.